The van der Waals surface area contributed by atoms with E-state index in [0.717, 1.165) is 25.7 Å². The van der Waals surface area contributed by atoms with Gasteiger partial charge in [-0.15, -0.1) is 0 Å². The van der Waals surface area contributed by atoms with Gasteiger partial charge in [0.05, 0.1) is 13.2 Å². The Morgan fingerprint density at radius 1 is 1.18 bits per heavy atom. The van der Waals surface area contributed by atoms with Crippen LogP contribution in [-0.4, -0.2) is 17.8 Å². The van der Waals surface area contributed by atoms with E-state index in [1.807, 2.05) is 0 Å². The summed E-state index contributed by atoms with van der Waals surface area (Å²) in [4.78, 5) is 0. The van der Waals surface area contributed by atoms with E-state index < -0.39 is 4.58 Å². The molecule has 2 fully saturated rings. The zero-order chi connectivity index (χ0) is 7.95. The maximum atomic E-state index is 13.8. The Hall–Kier alpha value is 0.370. The fourth-order valence-corrected chi connectivity index (χ4v) is 2.87. The van der Waals surface area contributed by atoms with E-state index in [2.05, 4.69) is 15.9 Å². The van der Waals surface area contributed by atoms with Crippen LogP contribution in [0.5, 0.6) is 0 Å². The fourth-order valence-electron chi connectivity index (χ4n) is 2.20. The summed E-state index contributed by atoms with van der Waals surface area (Å²) >= 11 is 3.13. The van der Waals surface area contributed by atoms with E-state index in [9.17, 15) is 4.39 Å². The Balaban J connectivity index is 2.22. The lowest BCUT2D eigenvalue weighted by molar-refractivity contribution is 0.138. The van der Waals surface area contributed by atoms with Crippen molar-refractivity contribution in [3.63, 3.8) is 0 Å². The minimum atomic E-state index is -1.24. The molecule has 1 unspecified atom stereocenters. The van der Waals surface area contributed by atoms with Gasteiger partial charge in [0.2, 0.25) is 0 Å². The number of ether oxygens (including phenoxy) is 1. The molecule has 0 aromatic rings. The molecule has 1 nitrogen and oxygen atoms in total. The molecule has 0 amide bonds. The molecule has 1 aliphatic carbocycles. The van der Waals surface area contributed by atoms with Gasteiger partial charge in [-0.05, 0) is 28.8 Å². The molecular weight excluding hydrogens is 211 g/mol. The van der Waals surface area contributed by atoms with Crippen LogP contribution in [0.1, 0.15) is 25.7 Å². The molecule has 0 aromatic heterocycles. The van der Waals surface area contributed by atoms with E-state index in [1.165, 1.54) is 0 Å². The molecule has 1 saturated heterocycles. The maximum Gasteiger partial charge on any atom is 0.195 e. The van der Waals surface area contributed by atoms with Crippen LogP contribution in [0, 0.1) is 5.41 Å². The average molecular weight is 223 g/mol. The SMILES string of the molecule is FC1(Br)COCC12CCCC2. The van der Waals surface area contributed by atoms with Crippen molar-refractivity contribution in [2.75, 3.05) is 13.2 Å². The molecule has 0 radical (unpaired) electrons. The quantitative estimate of drug-likeness (QED) is 0.573. The van der Waals surface area contributed by atoms with Gasteiger partial charge in [0.15, 0.2) is 4.58 Å². The first kappa shape index (κ1) is 7.99. The molecule has 0 bridgehead atoms. The Morgan fingerprint density at radius 3 is 2.27 bits per heavy atom. The monoisotopic (exact) mass is 222 g/mol. The molecule has 1 saturated carbocycles. The van der Waals surface area contributed by atoms with Crippen molar-refractivity contribution in [2.24, 2.45) is 5.41 Å². The molecule has 1 aliphatic heterocycles. The van der Waals surface area contributed by atoms with Crippen LogP contribution in [0.4, 0.5) is 4.39 Å². The highest BCUT2D eigenvalue weighted by Crippen LogP contribution is 2.55. The Morgan fingerprint density at radius 2 is 1.82 bits per heavy atom. The lowest BCUT2D eigenvalue weighted by atomic mass is 9.84. The van der Waals surface area contributed by atoms with Crippen molar-refractivity contribution in [1.82, 2.24) is 0 Å². The highest BCUT2D eigenvalue weighted by atomic mass is 79.9. The van der Waals surface area contributed by atoms with Crippen LogP contribution in [0.3, 0.4) is 0 Å². The summed E-state index contributed by atoms with van der Waals surface area (Å²) in [6, 6.07) is 0. The zero-order valence-corrected chi connectivity index (χ0v) is 7.99. The summed E-state index contributed by atoms with van der Waals surface area (Å²) in [5.41, 5.74) is -0.187. The van der Waals surface area contributed by atoms with Crippen LogP contribution in [0.2, 0.25) is 0 Å². The highest BCUT2D eigenvalue weighted by molar-refractivity contribution is 9.10. The summed E-state index contributed by atoms with van der Waals surface area (Å²) in [6.07, 6.45) is 4.27. The molecule has 11 heavy (non-hydrogen) atoms. The maximum absolute atomic E-state index is 13.8. The van der Waals surface area contributed by atoms with E-state index >= 15 is 0 Å². The van der Waals surface area contributed by atoms with E-state index in [-0.39, 0.29) is 12.0 Å². The summed E-state index contributed by atoms with van der Waals surface area (Å²) in [5.74, 6) is 0. The van der Waals surface area contributed by atoms with E-state index in [0.29, 0.717) is 6.61 Å². The van der Waals surface area contributed by atoms with Gasteiger partial charge < -0.3 is 4.74 Å². The molecule has 0 aromatic carbocycles. The van der Waals surface area contributed by atoms with Crippen molar-refractivity contribution in [3.8, 4) is 0 Å². The lowest BCUT2D eigenvalue weighted by Crippen LogP contribution is -2.35. The number of hydrogen-bond donors (Lipinski definition) is 0. The molecule has 64 valence electrons. The third-order valence-corrected chi connectivity index (χ3v) is 4.07. The number of halogens is 2. The van der Waals surface area contributed by atoms with Gasteiger partial charge in [-0.2, -0.15) is 0 Å². The number of alkyl halides is 2. The molecule has 0 N–H and O–H groups in total. The molecule has 2 aliphatic rings. The van der Waals surface area contributed by atoms with Crippen molar-refractivity contribution in [3.05, 3.63) is 0 Å². The zero-order valence-electron chi connectivity index (χ0n) is 6.41. The van der Waals surface area contributed by atoms with Crippen LogP contribution >= 0.6 is 15.9 Å². The summed E-state index contributed by atoms with van der Waals surface area (Å²) in [6.45, 7) is 0.835. The van der Waals surface area contributed by atoms with Crippen LogP contribution in [0.25, 0.3) is 0 Å². The van der Waals surface area contributed by atoms with Crippen LogP contribution in [-0.2, 0) is 4.74 Å². The van der Waals surface area contributed by atoms with Crippen molar-refractivity contribution >= 4 is 15.9 Å². The standard InChI is InChI=1S/C8H12BrFO/c9-8(10)6-11-5-7(8)3-1-2-4-7/h1-6H2. The Labute approximate surface area is 74.4 Å². The smallest absolute Gasteiger partial charge is 0.195 e. The van der Waals surface area contributed by atoms with Crippen molar-refractivity contribution in [1.29, 1.82) is 0 Å². The summed E-state index contributed by atoms with van der Waals surface area (Å²) < 4.78 is 17.7. The Kier molecular flexibility index (Phi) is 1.76. The van der Waals surface area contributed by atoms with Gasteiger partial charge in [0, 0.05) is 5.41 Å². The van der Waals surface area contributed by atoms with Crippen molar-refractivity contribution < 1.29 is 9.13 Å². The van der Waals surface area contributed by atoms with E-state index in [1.54, 1.807) is 0 Å². The third-order valence-electron chi connectivity index (χ3n) is 3.00. The third kappa shape index (κ3) is 1.04. The molecule has 1 atom stereocenters. The van der Waals surface area contributed by atoms with E-state index in [4.69, 9.17) is 4.74 Å². The van der Waals surface area contributed by atoms with Gasteiger partial charge in [0.1, 0.15) is 0 Å². The largest absolute Gasteiger partial charge is 0.376 e. The first-order chi connectivity index (χ1) is 5.16. The second-order valence-corrected chi connectivity index (χ2v) is 4.94. The fraction of sp³-hybridized carbons (Fsp3) is 1.00. The summed E-state index contributed by atoms with van der Waals surface area (Å²) in [7, 11) is 0. The van der Waals surface area contributed by atoms with Gasteiger partial charge in [0.25, 0.3) is 0 Å². The predicted octanol–water partition coefficient (Wildman–Crippen LogP) is 2.64. The minimum Gasteiger partial charge on any atom is -0.376 e. The number of rotatable bonds is 0. The lowest BCUT2D eigenvalue weighted by Gasteiger charge is -2.29. The van der Waals surface area contributed by atoms with Crippen molar-refractivity contribution in [2.45, 2.75) is 30.3 Å². The second-order valence-electron chi connectivity index (χ2n) is 3.68. The topological polar surface area (TPSA) is 9.23 Å². The van der Waals surface area contributed by atoms with Crippen LogP contribution in [0.15, 0.2) is 0 Å². The summed E-state index contributed by atoms with van der Waals surface area (Å²) in [5, 5.41) is 0. The first-order valence-corrected chi connectivity index (χ1v) is 4.91. The second kappa shape index (κ2) is 2.43. The number of hydrogen-bond acceptors (Lipinski definition) is 1. The van der Waals surface area contributed by atoms with Gasteiger partial charge in [-0.25, -0.2) is 4.39 Å². The van der Waals surface area contributed by atoms with Gasteiger partial charge >= 0.3 is 0 Å². The average Bonchev–Trinajstić information content (AvgIpc) is 2.45. The Bertz CT molecular complexity index is 158. The molecule has 2 rings (SSSR count). The first-order valence-electron chi connectivity index (χ1n) is 4.12. The van der Waals surface area contributed by atoms with Gasteiger partial charge in [-0.3, -0.25) is 0 Å². The molecule has 1 heterocycles. The van der Waals surface area contributed by atoms with Crippen LogP contribution < -0.4 is 0 Å². The molecular formula is C8H12BrFO. The normalized spacial score (nSPS) is 42.0. The van der Waals surface area contributed by atoms with Gasteiger partial charge in [-0.1, -0.05) is 12.8 Å². The minimum absolute atomic E-state index is 0.187. The molecule has 1 spiro atoms. The predicted molar refractivity (Wildman–Crippen MR) is 44.5 cm³/mol. The highest BCUT2D eigenvalue weighted by Gasteiger charge is 2.56. The molecule has 3 heteroatoms.